The Kier molecular flexibility index (Phi) is 6.34. The first-order valence-electron chi connectivity index (χ1n) is 10.8. The van der Waals surface area contributed by atoms with Gasteiger partial charge in [-0.05, 0) is 75.4 Å². The van der Waals surface area contributed by atoms with Crippen LogP contribution < -0.4 is 4.74 Å². The molecule has 1 amide bonds. The summed E-state index contributed by atoms with van der Waals surface area (Å²) in [6, 6.07) is 7.90. The van der Waals surface area contributed by atoms with E-state index in [9.17, 15) is 4.79 Å². The van der Waals surface area contributed by atoms with E-state index in [1.165, 1.54) is 18.4 Å². The molecule has 1 saturated carbocycles. The molecule has 1 aliphatic carbocycles. The molecule has 2 fully saturated rings. The molecule has 7 heteroatoms. The Balaban J connectivity index is 1.23. The molecule has 1 aliphatic heterocycles. The number of hydrogen-bond acceptors (Lipinski definition) is 4. The van der Waals surface area contributed by atoms with Crippen molar-refractivity contribution in [2.24, 2.45) is 13.0 Å². The van der Waals surface area contributed by atoms with Crippen LogP contribution in [0.4, 0.5) is 0 Å². The minimum Gasteiger partial charge on any atom is -0.490 e. The van der Waals surface area contributed by atoms with Gasteiger partial charge in [-0.25, -0.2) is 0 Å². The standard InChI is InChI=1S/C23H31ClN4O2/c1-16-10-22(25-27(16)3)23(29)26(2)14-17-11-20(12-17)30-19-7-6-18(21(24)13-19)15-28-8-4-5-9-28/h6-7,10,13,17,20H,4-5,8-9,11-12,14-15H2,1-3H3. The maximum absolute atomic E-state index is 12.6. The van der Waals surface area contributed by atoms with Crippen LogP contribution in [0.25, 0.3) is 0 Å². The van der Waals surface area contributed by atoms with Crippen molar-refractivity contribution in [2.75, 3.05) is 26.7 Å². The molecule has 2 aromatic rings. The molecule has 1 aromatic carbocycles. The zero-order chi connectivity index (χ0) is 21.3. The number of carbonyl (C=O) groups is 1. The van der Waals surface area contributed by atoms with E-state index in [1.807, 2.05) is 39.2 Å². The lowest BCUT2D eigenvalue weighted by atomic mass is 9.82. The van der Waals surface area contributed by atoms with Crippen LogP contribution in [0, 0.1) is 12.8 Å². The molecule has 4 rings (SSSR count). The fourth-order valence-corrected chi connectivity index (χ4v) is 4.58. The van der Waals surface area contributed by atoms with Gasteiger partial charge in [0.1, 0.15) is 5.75 Å². The van der Waals surface area contributed by atoms with Crippen LogP contribution in [-0.2, 0) is 13.6 Å². The van der Waals surface area contributed by atoms with E-state index >= 15 is 0 Å². The number of amides is 1. The van der Waals surface area contributed by atoms with Crippen molar-refractivity contribution in [2.45, 2.75) is 45.3 Å². The van der Waals surface area contributed by atoms with Gasteiger partial charge in [0.25, 0.3) is 5.91 Å². The summed E-state index contributed by atoms with van der Waals surface area (Å²) in [7, 11) is 3.70. The number of nitrogens with zero attached hydrogens (tertiary/aromatic N) is 4. The van der Waals surface area contributed by atoms with E-state index in [1.54, 1.807) is 9.58 Å². The van der Waals surface area contributed by atoms with Crippen LogP contribution in [0.2, 0.25) is 5.02 Å². The number of aromatic nitrogens is 2. The average Bonchev–Trinajstić information content (AvgIpc) is 3.31. The Morgan fingerprint density at radius 2 is 2.00 bits per heavy atom. The minimum atomic E-state index is -0.0246. The molecule has 0 atom stereocenters. The van der Waals surface area contributed by atoms with E-state index in [0.29, 0.717) is 11.6 Å². The number of hydrogen-bond donors (Lipinski definition) is 0. The van der Waals surface area contributed by atoms with E-state index in [4.69, 9.17) is 16.3 Å². The molecule has 162 valence electrons. The zero-order valence-corrected chi connectivity index (χ0v) is 18.9. The second-order valence-electron chi connectivity index (χ2n) is 8.79. The van der Waals surface area contributed by atoms with Crippen molar-refractivity contribution in [3.63, 3.8) is 0 Å². The largest absolute Gasteiger partial charge is 0.490 e. The number of likely N-dealkylation sites (tertiary alicyclic amines) is 1. The Morgan fingerprint density at radius 1 is 1.27 bits per heavy atom. The number of benzene rings is 1. The second kappa shape index (κ2) is 8.98. The van der Waals surface area contributed by atoms with Crippen molar-refractivity contribution in [1.29, 1.82) is 0 Å². The maximum Gasteiger partial charge on any atom is 0.274 e. The van der Waals surface area contributed by atoms with E-state index in [-0.39, 0.29) is 12.0 Å². The summed E-state index contributed by atoms with van der Waals surface area (Å²) in [5.41, 5.74) is 2.66. The van der Waals surface area contributed by atoms with Gasteiger partial charge >= 0.3 is 0 Å². The van der Waals surface area contributed by atoms with Crippen molar-refractivity contribution < 1.29 is 9.53 Å². The van der Waals surface area contributed by atoms with Gasteiger partial charge in [0.15, 0.2) is 5.69 Å². The first kappa shape index (κ1) is 21.2. The van der Waals surface area contributed by atoms with Crippen LogP contribution in [0.5, 0.6) is 5.75 Å². The summed E-state index contributed by atoms with van der Waals surface area (Å²) in [5.74, 6) is 1.27. The Bertz CT molecular complexity index is 881. The Hall–Kier alpha value is -2.05. The van der Waals surface area contributed by atoms with E-state index < -0.39 is 0 Å². The molecule has 0 spiro atoms. The molecule has 0 radical (unpaired) electrons. The van der Waals surface area contributed by atoms with Gasteiger partial charge in [-0.3, -0.25) is 14.4 Å². The third kappa shape index (κ3) is 4.81. The first-order valence-corrected chi connectivity index (χ1v) is 11.2. The zero-order valence-electron chi connectivity index (χ0n) is 18.1. The van der Waals surface area contributed by atoms with Crippen molar-refractivity contribution >= 4 is 17.5 Å². The van der Waals surface area contributed by atoms with Gasteiger partial charge in [-0.1, -0.05) is 17.7 Å². The molecular formula is C23H31ClN4O2. The fraction of sp³-hybridized carbons (Fsp3) is 0.565. The summed E-state index contributed by atoms with van der Waals surface area (Å²) in [6.45, 7) is 5.91. The van der Waals surface area contributed by atoms with Gasteiger partial charge in [0.2, 0.25) is 0 Å². The third-order valence-electron chi connectivity index (χ3n) is 6.32. The van der Waals surface area contributed by atoms with Gasteiger partial charge in [-0.15, -0.1) is 0 Å². The highest BCUT2D eigenvalue weighted by molar-refractivity contribution is 6.31. The summed E-state index contributed by atoms with van der Waals surface area (Å²) >= 11 is 6.50. The molecule has 1 saturated heterocycles. The molecule has 0 unspecified atom stereocenters. The predicted octanol–water partition coefficient (Wildman–Crippen LogP) is 3.91. The fourth-order valence-electron chi connectivity index (χ4n) is 4.35. The van der Waals surface area contributed by atoms with Gasteiger partial charge in [0, 0.05) is 37.9 Å². The van der Waals surface area contributed by atoms with Crippen LogP contribution in [0.15, 0.2) is 24.3 Å². The smallest absolute Gasteiger partial charge is 0.274 e. The molecule has 2 heterocycles. The summed E-state index contributed by atoms with van der Waals surface area (Å²) in [5, 5.41) is 5.07. The van der Waals surface area contributed by atoms with Gasteiger partial charge < -0.3 is 9.64 Å². The van der Waals surface area contributed by atoms with E-state index in [0.717, 1.165) is 55.5 Å². The number of halogens is 1. The second-order valence-corrected chi connectivity index (χ2v) is 9.20. The quantitative estimate of drug-likeness (QED) is 0.668. The normalized spacial score (nSPS) is 21.5. The van der Waals surface area contributed by atoms with Crippen LogP contribution in [0.3, 0.4) is 0 Å². The molecule has 2 aliphatic rings. The van der Waals surface area contributed by atoms with Crippen LogP contribution in [-0.4, -0.2) is 58.3 Å². The van der Waals surface area contributed by atoms with Gasteiger partial charge in [0.05, 0.1) is 6.10 Å². The molecule has 0 bridgehead atoms. The van der Waals surface area contributed by atoms with Gasteiger partial charge in [-0.2, -0.15) is 5.10 Å². The van der Waals surface area contributed by atoms with Crippen molar-refractivity contribution in [3.8, 4) is 5.75 Å². The van der Waals surface area contributed by atoms with Crippen molar-refractivity contribution in [3.05, 3.63) is 46.2 Å². The Morgan fingerprint density at radius 3 is 2.63 bits per heavy atom. The SMILES string of the molecule is Cc1cc(C(=O)N(C)CC2CC(Oc3ccc(CN4CCCC4)c(Cl)c3)C2)nn1C. The topological polar surface area (TPSA) is 50.6 Å². The molecule has 1 aromatic heterocycles. The predicted molar refractivity (Wildman–Crippen MR) is 118 cm³/mol. The maximum atomic E-state index is 12.6. The minimum absolute atomic E-state index is 0.0246. The molecule has 30 heavy (non-hydrogen) atoms. The number of rotatable bonds is 7. The highest BCUT2D eigenvalue weighted by atomic mass is 35.5. The lowest BCUT2D eigenvalue weighted by Gasteiger charge is -2.37. The van der Waals surface area contributed by atoms with E-state index in [2.05, 4.69) is 16.1 Å². The number of ether oxygens (including phenoxy) is 1. The van der Waals surface area contributed by atoms with Crippen LogP contribution in [0.1, 0.15) is 47.4 Å². The van der Waals surface area contributed by atoms with Crippen molar-refractivity contribution in [1.82, 2.24) is 19.6 Å². The molecule has 6 nitrogen and oxygen atoms in total. The number of carbonyl (C=O) groups excluding carboxylic acids is 1. The highest BCUT2D eigenvalue weighted by Crippen LogP contribution is 2.33. The molecular weight excluding hydrogens is 400 g/mol. The average molecular weight is 431 g/mol. The van der Waals surface area contributed by atoms with Crippen LogP contribution >= 0.6 is 11.6 Å². The summed E-state index contributed by atoms with van der Waals surface area (Å²) in [6.07, 6.45) is 4.66. The lowest BCUT2D eigenvalue weighted by molar-refractivity contribution is 0.0416. The summed E-state index contributed by atoms with van der Waals surface area (Å²) < 4.78 is 7.85. The Labute approximate surface area is 183 Å². The first-order chi connectivity index (χ1) is 14.4. The molecule has 0 N–H and O–H groups in total. The summed E-state index contributed by atoms with van der Waals surface area (Å²) in [4.78, 5) is 16.8. The number of aryl methyl sites for hydroxylation is 2. The lowest BCUT2D eigenvalue weighted by Crippen LogP contribution is -2.42. The monoisotopic (exact) mass is 430 g/mol. The highest BCUT2D eigenvalue weighted by Gasteiger charge is 2.33. The third-order valence-corrected chi connectivity index (χ3v) is 6.68.